The first kappa shape index (κ1) is 17.3. The van der Waals surface area contributed by atoms with Gasteiger partial charge in [-0.25, -0.2) is 4.79 Å². The molecule has 1 fully saturated rings. The smallest absolute Gasteiger partial charge is 0.319 e. The molecule has 126 valence electrons. The highest BCUT2D eigenvalue weighted by molar-refractivity contribution is 5.97. The minimum Gasteiger partial charge on any atom is -0.377 e. The molecule has 1 aromatic rings. The lowest BCUT2D eigenvalue weighted by Gasteiger charge is -2.33. The van der Waals surface area contributed by atoms with Crippen molar-refractivity contribution in [3.05, 3.63) is 29.8 Å². The Morgan fingerprint density at radius 2 is 2.17 bits per heavy atom. The summed E-state index contributed by atoms with van der Waals surface area (Å²) in [7, 11) is 0. The van der Waals surface area contributed by atoms with Crippen molar-refractivity contribution in [2.24, 2.45) is 5.92 Å². The Morgan fingerprint density at radius 3 is 2.87 bits per heavy atom. The second-order valence-electron chi connectivity index (χ2n) is 6.23. The van der Waals surface area contributed by atoms with Crippen LogP contribution in [-0.2, 0) is 4.74 Å². The van der Waals surface area contributed by atoms with E-state index in [9.17, 15) is 9.59 Å². The summed E-state index contributed by atoms with van der Waals surface area (Å²) in [5.74, 6) is 0.350. The number of benzene rings is 1. The number of ether oxygens (including phenoxy) is 1. The van der Waals surface area contributed by atoms with Crippen molar-refractivity contribution in [3.8, 4) is 0 Å². The van der Waals surface area contributed by atoms with E-state index in [-0.39, 0.29) is 18.0 Å². The van der Waals surface area contributed by atoms with Gasteiger partial charge in [-0.15, -0.1) is 0 Å². The van der Waals surface area contributed by atoms with Gasteiger partial charge in [0.1, 0.15) is 0 Å². The lowest BCUT2D eigenvalue weighted by Crippen LogP contribution is -2.47. The largest absolute Gasteiger partial charge is 0.377 e. The first-order valence-electron chi connectivity index (χ1n) is 8.01. The van der Waals surface area contributed by atoms with Crippen LogP contribution in [0.5, 0.6) is 0 Å². The highest BCUT2D eigenvalue weighted by atomic mass is 16.5. The van der Waals surface area contributed by atoms with Crippen LogP contribution in [0.4, 0.5) is 10.5 Å². The van der Waals surface area contributed by atoms with Crippen LogP contribution in [-0.4, -0.2) is 49.2 Å². The third-order valence-corrected chi connectivity index (χ3v) is 3.67. The molecule has 0 saturated carbocycles. The normalized spacial score (nSPS) is 17.9. The van der Waals surface area contributed by atoms with E-state index in [1.807, 2.05) is 20.8 Å². The van der Waals surface area contributed by atoms with Crippen molar-refractivity contribution in [1.29, 1.82) is 0 Å². The molecule has 2 N–H and O–H groups in total. The van der Waals surface area contributed by atoms with Crippen molar-refractivity contribution in [2.45, 2.75) is 26.8 Å². The quantitative estimate of drug-likeness (QED) is 0.895. The van der Waals surface area contributed by atoms with Gasteiger partial charge in [0.15, 0.2) is 0 Å². The molecule has 0 radical (unpaired) electrons. The molecule has 1 atom stereocenters. The Hall–Kier alpha value is -2.08. The summed E-state index contributed by atoms with van der Waals surface area (Å²) in [5.41, 5.74) is 1.18. The SMILES string of the molecule is CC(C)CNC(=O)Nc1cccc(C(=O)N2CCOCC2C)c1. The van der Waals surface area contributed by atoms with E-state index >= 15 is 0 Å². The molecule has 0 bridgehead atoms. The monoisotopic (exact) mass is 319 g/mol. The Labute approximate surface area is 137 Å². The third kappa shape index (κ3) is 4.96. The van der Waals surface area contributed by atoms with Crippen molar-refractivity contribution in [1.82, 2.24) is 10.2 Å². The zero-order valence-electron chi connectivity index (χ0n) is 14.0. The number of amides is 3. The molecular formula is C17H25N3O3. The molecule has 1 saturated heterocycles. The molecule has 1 aliphatic rings. The fraction of sp³-hybridized carbons (Fsp3) is 0.529. The van der Waals surface area contributed by atoms with E-state index in [2.05, 4.69) is 10.6 Å². The van der Waals surface area contributed by atoms with E-state index < -0.39 is 0 Å². The minimum absolute atomic E-state index is 0.0351. The first-order chi connectivity index (χ1) is 11.0. The fourth-order valence-corrected chi connectivity index (χ4v) is 2.40. The maximum absolute atomic E-state index is 12.6. The number of anilines is 1. The van der Waals surface area contributed by atoms with Crippen molar-refractivity contribution in [3.63, 3.8) is 0 Å². The second-order valence-corrected chi connectivity index (χ2v) is 6.23. The van der Waals surface area contributed by atoms with Crippen LogP contribution in [0.3, 0.4) is 0 Å². The highest BCUT2D eigenvalue weighted by Gasteiger charge is 2.24. The van der Waals surface area contributed by atoms with Crippen molar-refractivity contribution < 1.29 is 14.3 Å². The molecule has 1 aliphatic heterocycles. The van der Waals surface area contributed by atoms with Gasteiger partial charge in [0.25, 0.3) is 5.91 Å². The standard InChI is InChI=1S/C17H25N3O3/c1-12(2)10-18-17(22)19-15-6-4-5-14(9-15)16(21)20-7-8-23-11-13(20)3/h4-6,9,12-13H,7-8,10-11H2,1-3H3,(H2,18,19,22). The summed E-state index contributed by atoms with van der Waals surface area (Å²) in [6.45, 7) is 8.35. The summed E-state index contributed by atoms with van der Waals surface area (Å²) in [6, 6.07) is 6.82. The van der Waals surface area contributed by atoms with Gasteiger partial charge in [-0.2, -0.15) is 0 Å². The van der Waals surface area contributed by atoms with Crippen LogP contribution in [0.1, 0.15) is 31.1 Å². The number of rotatable bonds is 4. The average Bonchev–Trinajstić information content (AvgIpc) is 2.53. The minimum atomic E-state index is -0.261. The van der Waals surface area contributed by atoms with Gasteiger partial charge in [-0.3, -0.25) is 4.79 Å². The molecule has 0 aliphatic carbocycles. The maximum atomic E-state index is 12.6. The van der Waals surface area contributed by atoms with Crippen molar-refractivity contribution >= 4 is 17.6 Å². The Kier molecular flexibility index (Phi) is 5.98. The molecule has 3 amide bonds. The summed E-state index contributed by atoms with van der Waals surface area (Å²) >= 11 is 0. The zero-order chi connectivity index (χ0) is 16.8. The second kappa shape index (κ2) is 7.97. The Balaban J connectivity index is 2.01. The molecule has 1 aromatic carbocycles. The molecule has 0 aromatic heterocycles. The van der Waals surface area contributed by atoms with Crippen LogP contribution < -0.4 is 10.6 Å². The van der Waals surface area contributed by atoms with E-state index in [1.54, 1.807) is 29.2 Å². The molecule has 0 spiro atoms. The Bertz CT molecular complexity index is 560. The number of nitrogens with zero attached hydrogens (tertiary/aromatic N) is 1. The fourth-order valence-electron chi connectivity index (χ4n) is 2.40. The average molecular weight is 319 g/mol. The zero-order valence-corrected chi connectivity index (χ0v) is 14.0. The van der Waals surface area contributed by atoms with Crippen LogP contribution >= 0.6 is 0 Å². The van der Waals surface area contributed by atoms with Gasteiger partial charge in [0, 0.05) is 24.3 Å². The Morgan fingerprint density at radius 1 is 1.39 bits per heavy atom. The van der Waals surface area contributed by atoms with Crippen molar-refractivity contribution in [2.75, 3.05) is 31.6 Å². The maximum Gasteiger partial charge on any atom is 0.319 e. The van der Waals surface area contributed by atoms with Crippen LogP contribution in [0.25, 0.3) is 0 Å². The molecule has 2 rings (SSSR count). The molecule has 6 heteroatoms. The van der Waals surface area contributed by atoms with E-state index in [0.717, 1.165) is 0 Å². The van der Waals surface area contributed by atoms with Crippen LogP contribution in [0.2, 0.25) is 0 Å². The summed E-state index contributed by atoms with van der Waals surface area (Å²) in [5, 5.41) is 5.55. The predicted molar refractivity (Wildman–Crippen MR) is 89.6 cm³/mol. The number of urea groups is 1. The molecule has 1 unspecified atom stereocenters. The van der Waals surface area contributed by atoms with Crippen LogP contribution in [0.15, 0.2) is 24.3 Å². The van der Waals surface area contributed by atoms with Gasteiger partial charge in [-0.1, -0.05) is 19.9 Å². The molecule has 6 nitrogen and oxygen atoms in total. The molecule has 23 heavy (non-hydrogen) atoms. The lowest BCUT2D eigenvalue weighted by atomic mass is 10.1. The van der Waals surface area contributed by atoms with Gasteiger partial charge >= 0.3 is 6.03 Å². The van der Waals surface area contributed by atoms with Gasteiger partial charge in [0.05, 0.1) is 19.3 Å². The topological polar surface area (TPSA) is 70.7 Å². The summed E-state index contributed by atoms with van der Waals surface area (Å²) in [6.07, 6.45) is 0. The van der Waals surface area contributed by atoms with Gasteiger partial charge in [0.2, 0.25) is 0 Å². The highest BCUT2D eigenvalue weighted by Crippen LogP contribution is 2.16. The van der Waals surface area contributed by atoms with E-state index in [4.69, 9.17) is 4.74 Å². The predicted octanol–water partition coefficient (Wildman–Crippen LogP) is 2.33. The number of carbonyl (C=O) groups excluding carboxylic acids is 2. The number of hydrogen-bond donors (Lipinski definition) is 2. The van der Waals surface area contributed by atoms with Crippen LogP contribution in [0, 0.1) is 5.92 Å². The van der Waals surface area contributed by atoms with Gasteiger partial charge in [-0.05, 0) is 31.0 Å². The summed E-state index contributed by atoms with van der Waals surface area (Å²) in [4.78, 5) is 26.2. The molecule has 1 heterocycles. The van der Waals surface area contributed by atoms with E-state index in [0.29, 0.717) is 43.5 Å². The van der Waals surface area contributed by atoms with Gasteiger partial charge < -0.3 is 20.3 Å². The summed E-state index contributed by atoms with van der Waals surface area (Å²) < 4.78 is 5.36. The number of carbonyl (C=O) groups is 2. The third-order valence-electron chi connectivity index (χ3n) is 3.67. The first-order valence-corrected chi connectivity index (χ1v) is 8.01. The molecular weight excluding hydrogens is 294 g/mol. The number of hydrogen-bond acceptors (Lipinski definition) is 3. The number of morpholine rings is 1. The number of nitrogens with one attached hydrogen (secondary N) is 2. The lowest BCUT2D eigenvalue weighted by molar-refractivity contribution is 0.00360. The van der Waals surface area contributed by atoms with E-state index in [1.165, 1.54) is 0 Å².